The lowest BCUT2D eigenvalue weighted by Crippen LogP contribution is -2.24. The Hall–Kier alpha value is -0.810. The third kappa shape index (κ3) is 2.30. The van der Waals surface area contributed by atoms with E-state index in [-0.39, 0.29) is 18.0 Å². The summed E-state index contributed by atoms with van der Waals surface area (Å²) in [7, 11) is 0. The minimum atomic E-state index is -4.47. The van der Waals surface area contributed by atoms with Gasteiger partial charge in [0.1, 0.15) is 5.82 Å². The molecule has 16 heavy (non-hydrogen) atoms. The molecular formula is C10H10ClF4N. The van der Waals surface area contributed by atoms with Crippen LogP contribution in [0.2, 0.25) is 0 Å². The number of alkyl halides is 3. The molecule has 2 N–H and O–H groups in total. The van der Waals surface area contributed by atoms with Gasteiger partial charge in [0.2, 0.25) is 0 Å². The highest BCUT2D eigenvalue weighted by Crippen LogP contribution is 2.47. The van der Waals surface area contributed by atoms with Gasteiger partial charge >= 0.3 is 6.18 Å². The first kappa shape index (κ1) is 13.3. The zero-order valence-electron chi connectivity index (χ0n) is 8.14. The van der Waals surface area contributed by atoms with Gasteiger partial charge in [-0.1, -0.05) is 0 Å². The molecule has 0 bridgehead atoms. The van der Waals surface area contributed by atoms with Crippen molar-refractivity contribution in [1.82, 2.24) is 0 Å². The van der Waals surface area contributed by atoms with Gasteiger partial charge < -0.3 is 5.73 Å². The fraction of sp³-hybridized carbons (Fsp3) is 0.400. The third-order valence-electron chi connectivity index (χ3n) is 2.61. The molecule has 1 aliphatic carbocycles. The maximum absolute atomic E-state index is 12.9. The number of benzene rings is 1. The molecule has 0 atom stereocenters. The molecular weight excluding hydrogens is 246 g/mol. The monoisotopic (exact) mass is 255 g/mol. The molecule has 1 aromatic rings. The first-order valence-electron chi connectivity index (χ1n) is 4.49. The normalized spacial score (nSPS) is 17.8. The number of hydrogen-bond donors (Lipinski definition) is 1. The molecule has 0 aliphatic heterocycles. The van der Waals surface area contributed by atoms with Crippen molar-refractivity contribution in [2.24, 2.45) is 5.73 Å². The molecule has 1 aromatic carbocycles. The second-order valence-corrected chi connectivity index (χ2v) is 3.84. The van der Waals surface area contributed by atoms with E-state index in [2.05, 4.69) is 0 Å². The first-order valence-corrected chi connectivity index (χ1v) is 4.49. The van der Waals surface area contributed by atoms with Crippen LogP contribution in [-0.2, 0) is 11.7 Å². The molecule has 0 radical (unpaired) electrons. The minimum Gasteiger partial charge on any atom is -0.321 e. The molecule has 0 spiro atoms. The molecule has 2 rings (SSSR count). The predicted octanol–water partition coefficient (Wildman–Crippen LogP) is 3.21. The van der Waals surface area contributed by atoms with Crippen LogP contribution in [0, 0.1) is 5.82 Å². The summed E-state index contributed by atoms with van der Waals surface area (Å²) in [5.74, 6) is -0.685. The summed E-state index contributed by atoms with van der Waals surface area (Å²) < 4.78 is 50.6. The Bertz CT molecular complexity index is 398. The van der Waals surface area contributed by atoms with Crippen molar-refractivity contribution < 1.29 is 17.6 Å². The lowest BCUT2D eigenvalue weighted by Gasteiger charge is -2.17. The average Bonchev–Trinajstić information content (AvgIpc) is 2.83. The Kier molecular flexibility index (Phi) is 3.22. The van der Waals surface area contributed by atoms with Gasteiger partial charge in [-0.3, -0.25) is 0 Å². The second kappa shape index (κ2) is 3.89. The average molecular weight is 256 g/mol. The maximum atomic E-state index is 12.9. The number of nitrogens with two attached hydrogens (primary N) is 1. The Morgan fingerprint density at radius 2 is 1.75 bits per heavy atom. The van der Waals surface area contributed by atoms with Crippen LogP contribution in [0.3, 0.4) is 0 Å². The lowest BCUT2D eigenvalue weighted by atomic mass is 9.98. The van der Waals surface area contributed by atoms with E-state index < -0.39 is 23.1 Å². The van der Waals surface area contributed by atoms with Crippen LogP contribution in [0.25, 0.3) is 0 Å². The van der Waals surface area contributed by atoms with Crippen LogP contribution >= 0.6 is 12.4 Å². The summed E-state index contributed by atoms with van der Waals surface area (Å²) in [6.07, 6.45) is -3.53. The van der Waals surface area contributed by atoms with Crippen molar-refractivity contribution in [1.29, 1.82) is 0 Å². The molecule has 1 fully saturated rings. The smallest absolute Gasteiger partial charge is 0.321 e. The number of rotatable bonds is 1. The van der Waals surface area contributed by atoms with E-state index in [1.807, 2.05) is 0 Å². The number of halogens is 5. The summed E-state index contributed by atoms with van der Waals surface area (Å²) in [6, 6.07) is 2.44. The van der Waals surface area contributed by atoms with E-state index in [0.29, 0.717) is 12.8 Å². The quantitative estimate of drug-likeness (QED) is 0.766. The molecule has 0 heterocycles. The van der Waals surface area contributed by atoms with Gasteiger partial charge in [0, 0.05) is 5.54 Å². The fourth-order valence-corrected chi connectivity index (χ4v) is 1.58. The SMILES string of the molecule is Cl.NC1(c2cc(F)ccc2C(F)(F)F)CC1. The van der Waals surface area contributed by atoms with Gasteiger partial charge in [0.05, 0.1) is 5.56 Å². The lowest BCUT2D eigenvalue weighted by molar-refractivity contribution is -0.138. The van der Waals surface area contributed by atoms with E-state index in [1.54, 1.807) is 0 Å². The molecule has 0 aromatic heterocycles. The highest BCUT2D eigenvalue weighted by molar-refractivity contribution is 5.85. The molecule has 0 amide bonds. The Morgan fingerprint density at radius 3 is 2.19 bits per heavy atom. The third-order valence-corrected chi connectivity index (χ3v) is 2.61. The summed E-state index contributed by atoms with van der Waals surface area (Å²) in [4.78, 5) is 0. The van der Waals surface area contributed by atoms with Gasteiger partial charge in [-0.15, -0.1) is 12.4 Å². The zero-order chi connectivity index (χ0) is 11.3. The zero-order valence-corrected chi connectivity index (χ0v) is 8.96. The van der Waals surface area contributed by atoms with Gasteiger partial charge in [-0.2, -0.15) is 13.2 Å². The van der Waals surface area contributed by atoms with Crippen molar-refractivity contribution in [2.45, 2.75) is 24.6 Å². The molecule has 90 valence electrons. The van der Waals surface area contributed by atoms with Crippen molar-refractivity contribution in [2.75, 3.05) is 0 Å². The van der Waals surface area contributed by atoms with Gasteiger partial charge in [0.25, 0.3) is 0 Å². The van der Waals surface area contributed by atoms with Crippen molar-refractivity contribution in [3.05, 3.63) is 35.1 Å². The molecule has 1 aliphatic rings. The highest BCUT2D eigenvalue weighted by Gasteiger charge is 2.46. The predicted molar refractivity (Wildman–Crippen MR) is 53.7 cm³/mol. The topological polar surface area (TPSA) is 26.0 Å². The first-order chi connectivity index (χ1) is 6.83. The van der Waals surface area contributed by atoms with Gasteiger partial charge in [-0.05, 0) is 36.6 Å². The molecule has 6 heteroatoms. The van der Waals surface area contributed by atoms with Crippen molar-refractivity contribution in [3.63, 3.8) is 0 Å². The largest absolute Gasteiger partial charge is 0.416 e. The summed E-state index contributed by atoms with van der Waals surface area (Å²) >= 11 is 0. The van der Waals surface area contributed by atoms with E-state index in [9.17, 15) is 17.6 Å². The van der Waals surface area contributed by atoms with E-state index in [0.717, 1.165) is 18.2 Å². The van der Waals surface area contributed by atoms with Crippen LogP contribution in [0.1, 0.15) is 24.0 Å². The molecule has 0 unspecified atom stereocenters. The van der Waals surface area contributed by atoms with Gasteiger partial charge in [0.15, 0.2) is 0 Å². The van der Waals surface area contributed by atoms with Crippen molar-refractivity contribution in [3.8, 4) is 0 Å². The van der Waals surface area contributed by atoms with Crippen LogP contribution < -0.4 is 5.73 Å². The summed E-state index contributed by atoms with van der Waals surface area (Å²) in [6.45, 7) is 0. The molecule has 0 saturated heterocycles. The standard InChI is InChI=1S/C10H9F4N.ClH/c11-6-1-2-7(10(12,13)14)8(5-6)9(15)3-4-9;/h1-2,5H,3-4,15H2;1H. The van der Waals surface area contributed by atoms with Crippen LogP contribution in [0.15, 0.2) is 18.2 Å². The van der Waals surface area contributed by atoms with Crippen LogP contribution in [-0.4, -0.2) is 0 Å². The second-order valence-electron chi connectivity index (χ2n) is 3.84. The molecule has 1 saturated carbocycles. The van der Waals surface area contributed by atoms with E-state index in [4.69, 9.17) is 5.73 Å². The summed E-state index contributed by atoms with van der Waals surface area (Å²) in [5.41, 5.74) is 3.73. The Morgan fingerprint density at radius 1 is 1.19 bits per heavy atom. The fourth-order valence-electron chi connectivity index (χ4n) is 1.58. The minimum absolute atomic E-state index is 0. The van der Waals surface area contributed by atoms with Crippen LogP contribution in [0.4, 0.5) is 17.6 Å². The van der Waals surface area contributed by atoms with E-state index in [1.165, 1.54) is 0 Å². The maximum Gasteiger partial charge on any atom is 0.416 e. The highest BCUT2D eigenvalue weighted by atomic mass is 35.5. The summed E-state index contributed by atoms with van der Waals surface area (Å²) in [5, 5.41) is 0. The molecule has 1 nitrogen and oxygen atoms in total. The van der Waals surface area contributed by atoms with E-state index >= 15 is 0 Å². The van der Waals surface area contributed by atoms with Crippen LogP contribution in [0.5, 0.6) is 0 Å². The Labute approximate surface area is 96.0 Å². The number of hydrogen-bond acceptors (Lipinski definition) is 1. The van der Waals surface area contributed by atoms with Gasteiger partial charge in [-0.25, -0.2) is 4.39 Å². The van der Waals surface area contributed by atoms with Crippen molar-refractivity contribution >= 4 is 12.4 Å². The Balaban J connectivity index is 0.00000128.